The van der Waals surface area contributed by atoms with E-state index in [1.807, 2.05) is 37.7 Å². The van der Waals surface area contributed by atoms with Crippen LogP contribution in [-0.2, 0) is 0 Å². The summed E-state index contributed by atoms with van der Waals surface area (Å²) in [5.74, 6) is 0.725. The third-order valence-electron chi connectivity index (χ3n) is 4.94. The van der Waals surface area contributed by atoms with E-state index in [2.05, 4.69) is 51.4 Å². The fourth-order valence-corrected chi connectivity index (χ4v) is 3.28. The zero-order valence-electron chi connectivity index (χ0n) is 15.3. The van der Waals surface area contributed by atoms with E-state index in [4.69, 9.17) is 0 Å². The summed E-state index contributed by atoms with van der Waals surface area (Å²) < 4.78 is 0. The summed E-state index contributed by atoms with van der Waals surface area (Å²) in [6, 6.07) is 5.19. The number of nitrogens with one attached hydrogen (secondary N) is 1. The Morgan fingerprint density at radius 1 is 1.04 bits per heavy atom. The van der Waals surface area contributed by atoms with Crippen molar-refractivity contribution >= 4 is 18.1 Å². The average molecular weight is 337 g/mol. The van der Waals surface area contributed by atoms with Crippen molar-refractivity contribution in [1.82, 2.24) is 19.9 Å². The van der Waals surface area contributed by atoms with Gasteiger partial charge in [-0.2, -0.15) is 0 Å². The summed E-state index contributed by atoms with van der Waals surface area (Å²) >= 11 is 0. The van der Waals surface area contributed by atoms with Crippen LogP contribution in [0.25, 0.3) is 12.2 Å². The first-order chi connectivity index (χ1) is 12.1. The van der Waals surface area contributed by atoms with Crippen molar-refractivity contribution in [2.75, 3.05) is 19.4 Å². The molecule has 132 valence electrons. The van der Waals surface area contributed by atoms with Crippen LogP contribution >= 0.6 is 0 Å². The van der Waals surface area contributed by atoms with E-state index in [1.54, 1.807) is 0 Å². The van der Waals surface area contributed by atoms with Gasteiger partial charge in [0.1, 0.15) is 0 Å². The molecule has 2 aromatic rings. The van der Waals surface area contributed by atoms with Gasteiger partial charge in [0, 0.05) is 41.9 Å². The van der Waals surface area contributed by atoms with Crippen molar-refractivity contribution in [2.24, 2.45) is 0 Å². The van der Waals surface area contributed by atoms with Crippen LogP contribution in [0.5, 0.6) is 0 Å². The molecule has 0 radical (unpaired) electrons. The lowest BCUT2D eigenvalue weighted by atomic mass is 9.91. The number of pyridine rings is 1. The molecule has 25 heavy (non-hydrogen) atoms. The quantitative estimate of drug-likeness (QED) is 0.903. The molecule has 5 nitrogen and oxygen atoms in total. The van der Waals surface area contributed by atoms with Crippen LogP contribution in [0.3, 0.4) is 0 Å². The highest BCUT2D eigenvalue weighted by Crippen LogP contribution is 2.23. The van der Waals surface area contributed by atoms with Crippen molar-refractivity contribution in [3.05, 3.63) is 47.5 Å². The molecular weight excluding hydrogens is 310 g/mol. The lowest BCUT2D eigenvalue weighted by Gasteiger charge is -2.32. The predicted octanol–water partition coefficient (Wildman–Crippen LogP) is 3.64. The number of nitrogens with zero attached hydrogens (tertiary/aromatic N) is 4. The van der Waals surface area contributed by atoms with Crippen molar-refractivity contribution in [3.63, 3.8) is 0 Å². The van der Waals surface area contributed by atoms with Gasteiger partial charge in [-0.3, -0.25) is 4.98 Å². The predicted molar refractivity (Wildman–Crippen MR) is 103 cm³/mol. The fourth-order valence-electron chi connectivity index (χ4n) is 3.28. The Hall–Kier alpha value is -2.27. The van der Waals surface area contributed by atoms with E-state index < -0.39 is 0 Å². The molecule has 0 amide bonds. The molecule has 0 unspecified atom stereocenters. The summed E-state index contributed by atoms with van der Waals surface area (Å²) in [4.78, 5) is 15.5. The molecule has 0 bridgehead atoms. The first kappa shape index (κ1) is 17.5. The summed E-state index contributed by atoms with van der Waals surface area (Å²) in [6.45, 7) is 2.01. The number of aryl methyl sites for hydroxylation is 1. The largest absolute Gasteiger partial charge is 0.351 e. The van der Waals surface area contributed by atoms with E-state index in [1.165, 1.54) is 25.7 Å². The molecule has 1 aliphatic carbocycles. The molecule has 1 fully saturated rings. The minimum atomic E-state index is 0.482. The van der Waals surface area contributed by atoms with Gasteiger partial charge < -0.3 is 10.2 Å². The Morgan fingerprint density at radius 2 is 1.76 bits per heavy atom. The highest BCUT2D eigenvalue weighted by Gasteiger charge is 2.22. The van der Waals surface area contributed by atoms with Crippen molar-refractivity contribution in [1.29, 1.82) is 0 Å². The standard InChI is InChI=1S/C20H27N5/c1-15-17(5-4-12-21-15)7-6-16-13-22-20(23-14-16)24-18-8-10-19(11-9-18)25(2)3/h4-7,12-14,18-19H,8-11H2,1-3H3,(H,22,23,24)/b7-6+. The van der Waals surface area contributed by atoms with Crippen LogP contribution < -0.4 is 5.32 Å². The van der Waals surface area contributed by atoms with Gasteiger partial charge in [-0.05, 0) is 58.3 Å². The molecule has 3 rings (SSSR count). The summed E-state index contributed by atoms with van der Waals surface area (Å²) in [5, 5.41) is 3.48. The molecular formula is C20H27N5. The van der Waals surface area contributed by atoms with Crippen LogP contribution in [0.1, 0.15) is 42.5 Å². The Morgan fingerprint density at radius 3 is 2.40 bits per heavy atom. The van der Waals surface area contributed by atoms with Gasteiger partial charge in [-0.1, -0.05) is 18.2 Å². The third-order valence-corrected chi connectivity index (χ3v) is 4.94. The zero-order chi connectivity index (χ0) is 17.6. The Labute approximate surface area is 150 Å². The Bertz CT molecular complexity index is 700. The molecule has 2 heterocycles. The second-order valence-electron chi connectivity index (χ2n) is 6.96. The molecule has 1 saturated carbocycles. The van der Waals surface area contributed by atoms with Gasteiger partial charge in [-0.25, -0.2) is 9.97 Å². The van der Waals surface area contributed by atoms with E-state index in [0.29, 0.717) is 12.1 Å². The zero-order valence-corrected chi connectivity index (χ0v) is 15.3. The van der Waals surface area contributed by atoms with E-state index in [9.17, 15) is 0 Å². The lowest BCUT2D eigenvalue weighted by molar-refractivity contribution is 0.221. The van der Waals surface area contributed by atoms with Gasteiger partial charge in [0.05, 0.1) is 0 Å². The minimum Gasteiger partial charge on any atom is -0.351 e. The molecule has 0 saturated heterocycles. The SMILES string of the molecule is Cc1ncccc1/C=C/c1cnc(NC2CCC(N(C)C)CC2)nc1. The maximum absolute atomic E-state index is 4.46. The molecule has 0 aromatic carbocycles. The second kappa shape index (κ2) is 8.21. The third kappa shape index (κ3) is 4.86. The first-order valence-electron chi connectivity index (χ1n) is 8.96. The van der Waals surface area contributed by atoms with Crippen LogP contribution in [0.4, 0.5) is 5.95 Å². The Balaban J connectivity index is 1.55. The van der Waals surface area contributed by atoms with Gasteiger partial charge in [0.2, 0.25) is 5.95 Å². The van der Waals surface area contributed by atoms with Crippen molar-refractivity contribution in [3.8, 4) is 0 Å². The number of rotatable bonds is 5. The molecule has 0 atom stereocenters. The van der Waals surface area contributed by atoms with Gasteiger partial charge >= 0.3 is 0 Å². The molecule has 2 aromatic heterocycles. The molecule has 1 N–H and O–H groups in total. The van der Waals surface area contributed by atoms with Gasteiger partial charge in [0.25, 0.3) is 0 Å². The number of hydrogen-bond acceptors (Lipinski definition) is 5. The van der Waals surface area contributed by atoms with Crippen LogP contribution in [0.15, 0.2) is 30.7 Å². The molecule has 5 heteroatoms. The van der Waals surface area contributed by atoms with E-state index in [0.717, 1.165) is 22.8 Å². The fraction of sp³-hybridized carbons (Fsp3) is 0.450. The summed E-state index contributed by atoms with van der Waals surface area (Å²) in [7, 11) is 4.33. The van der Waals surface area contributed by atoms with E-state index in [-0.39, 0.29) is 0 Å². The highest BCUT2D eigenvalue weighted by molar-refractivity contribution is 5.69. The number of anilines is 1. The second-order valence-corrected chi connectivity index (χ2v) is 6.96. The highest BCUT2D eigenvalue weighted by atomic mass is 15.1. The normalized spacial score (nSPS) is 21.0. The summed E-state index contributed by atoms with van der Waals surface area (Å²) in [6.07, 6.45) is 14.4. The first-order valence-corrected chi connectivity index (χ1v) is 8.96. The van der Waals surface area contributed by atoms with E-state index >= 15 is 0 Å². The van der Waals surface area contributed by atoms with Gasteiger partial charge in [0.15, 0.2) is 0 Å². The number of aromatic nitrogens is 3. The smallest absolute Gasteiger partial charge is 0.222 e. The molecule has 1 aliphatic rings. The van der Waals surface area contributed by atoms with Crippen molar-refractivity contribution < 1.29 is 0 Å². The maximum atomic E-state index is 4.46. The van der Waals surface area contributed by atoms with Crippen LogP contribution in [0, 0.1) is 6.92 Å². The minimum absolute atomic E-state index is 0.482. The molecule has 0 aliphatic heterocycles. The summed E-state index contributed by atoms with van der Waals surface area (Å²) in [5.41, 5.74) is 3.12. The van der Waals surface area contributed by atoms with Crippen molar-refractivity contribution in [2.45, 2.75) is 44.7 Å². The average Bonchev–Trinajstić information content (AvgIpc) is 2.63. The lowest BCUT2D eigenvalue weighted by Crippen LogP contribution is -2.36. The van der Waals surface area contributed by atoms with Crippen LogP contribution in [-0.4, -0.2) is 46.0 Å². The topological polar surface area (TPSA) is 53.9 Å². The van der Waals surface area contributed by atoms with Crippen LogP contribution in [0.2, 0.25) is 0 Å². The monoisotopic (exact) mass is 337 g/mol. The maximum Gasteiger partial charge on any atom is 0.222 e. The van der Waals surface area contributed by atoms with Gasteiger partial charge in [-0.15, -0.1) is 0 Å². The molecule has 0 spiro atoms. The Kier molecular flexibility index (Phi) is 5.76. The number of hydrogen-bond donors (Lipinski definition) is 1.